The summed E-state index contributed by atoms with van der Waals surface area (Å²) in [4.78, 5) is 19.4. The van der Waals surface area contributed by atoms with Crippen LogP contribution in [0.25, 0.3) is 11.0 Å². The van der Waals surface area contributed by atoms with Crippen LogP contribution >= 0.6 is 15.9 Å². The van der Waals surface area contributed by atoms with Crippen molar-refractivity contribution in [2.45, 2.75) is 32.9 Å². The highest BCUT2D eigenvalue weighted by atomic mass is 79.9. The standard InChI is InChI=1S/C16H17BrFN5O/c1-16(2,3)23-13-11(8-20-23)14(24)22-15(21-13)19-7-9-4-5-10(18)6-12(9)17/h4-6,8H,7H2,1-3H3,(H2,19,21,22,24). The first-order valence-electron chi connectivity index (χ1n) is 7.42. The molecule has 24 heavy (non-hydrogen) atoms. The third-order valence-corrected chi connectivity index (χ3v) is 4.27. The molecular weight excluding hydrogens is 377 g/mol. The number of aromatic nitrogens is 4. The molecule has 0 aliphatic rings. The Bertz CT molecular complexity index is 957. The van der Waals surface area contributed by atoms with E-state index in [1.165, 1.54) is 18.3 Å². The Kier molecular flexibility index (Phi) is 4.16. The van der Waals surface area contributed by atoms with Crippen LogP contribution in [0.2, 0.25) is 0 Å². The van der Waals surface area contributed by atoms with Gasteiger partial charge in [-0.3, -0.25) is 9.78 Å². The molecule has 0 unspecified atom stereocenters. The summed E-state index contributed by atoms with van der Waals surface area (Å²) in [5.41, 5.74) is 0.825. The molecule has 0 spiro atoms. The van der Waals surface area contributed by atoms with Gasteiger partial charge < -0.3 is 5.32 Å². The largest absolute Gasteiger partial charge is 0.352 e. The number of halogens is 2. The van der Waals surface area contributed by atoms with Gasteiger partial charge in [-0.05, 0) is 38.5 Å². The fourth-order valence-electron chi connectivity index (χ4n) is 2.34. The molecule has 0 bridgehead atoms. The van der Waals surface area contributed by atoms with E-state index in [0.717, 1.165) is 5.56 Å². The first-order chi connectivity index (χ1) is 11.3. The fraction of sp³-hybridized carbons (Fsp3) is 0.312. The summed E-state index contributed by atoms with van der Waals surface area (Å²) in [6.45, 7) is 6.36. The second kappa shape index (κ2) is 6.01. The van der Waals surface area contributed by atoms with Gasteiger partial charge in [-0.25, -0.2) is 9.07 Å². The molecule has 8 heteroatoms. The van der Waals surface area contributed by atoms with E-state index < -0.39 is 0 Å². The van der Waals surface area contributed by atoms with Crippen molar-refractivity contribution in [3.8, 4) is 0 Å². The lowest BCUT2D eigenvalue weighted by molar-refractivity contribution is 0.366. The molecule has 126 valence electrons. The lowest BCUT2D eigenvalue weighted by Gasteiger charge is -2.19. The van der Waals surface area contributed by atoms with Crippen molar-refractivity contribution in [3.05, 3.63) is 50.6 Å². The smallest absolute Gasteiger partial charge is 0.263 e. The highest BCUT2D eigenvalue weighted by molar-refractivity contribution is 9.10. The number of anilines is 1. The molecule has 0 atom stereocenters. The van der Waals surface area contributed by atoms with Crippen molar-refractivity contribution in [1.29, 1.82) is 0 Å². The van der Waals surface area contributed by atoms with Crippen LogP contribution in [-0.2, 0) is 12.1 Å². The number of hydrogen-bond acceptors (Lipinski definition) is 4. The first-order valence-corrected chi connectivity index (χ1v) is 8.21. The molecule has 0 saturated heterocycles. The summed E-state index contributed by atoms with van der Waals surface area (Å²) < 4.78 is 15.5. The Hall–Kier alpha value is -2.22. The van der Waals surface area contributed by atoms with Gasteiger partial charge in [0.2, 0.25) is 5.95 Å². The summed E-state index contributed by atoms with van der Waals surface area (Å²) in [7, 11) is 0. The minimum atomic E-state index is -0.312. The van der Waals surface area contributed by atoms with Crippen LogP contribution < -0.4 is 10.9 Å². The zero-order valence-corrected chi connectivity index (χ0v) is 15.1. The number of benzene rings is 1. The van der Waals surface area contributed by atoms with E-state index in [4.69, 9.17) is 0 Å². The molecule has 2 aromatic heterocycles. The van der Waals surface area contributed by atoms with Crippen molar-refractivity contribution in [2.24, 2.45) is 0 Å². The second-order valence-corrected chi connectivity index (χ2v) is 7.32. The molecule has 0 aliphatic heterocycles. The molecule has 0 fully saturated rings. The summed E-state index contributed by atoms with van der Waals surface area (Å²) in [6, 6.07) is 4.45. The fourth-order valence-corrected chi connectivity index (χ4v) is 2.83. The molecule has 2 N–H and O–H groups in total. The van der Waals surface area contributed by atoms with Gasteiger partial charge in [0.1, 0.15) is 11.2 Å². The van der Waals surface area contributed by atoms with Crippen LogP contribution in [0.15, 0.2) is 33.7 Å². The van der Waals surface area contributed by atoms with Gasteiger partial charge in [-0.15, -0.1) is 0 Å². The SMILES string of the molecule is CC(C)(C)n1ncc2c(=O)[nH]c(NCc3ccc(F)cc3Br)nc21. The third kappa shape index (κ3) is 3.19. The Morgan fingerprint density at radius 3 is 2.79 bits per heavy atom. The first kappa shape index (κ1) is 16.6. The Morgan fingerprint density at radius 1 is 1.38 bits per heavy atom. The zero-order chi connectivity index (χ0) is 17.5. The topological polar surface area (TPSA) is 75.6 Å². The molecule has 3 aromatic rings. The molecule has 3 rings (SSSR count). The Labute approximate surface area is 146 Å². The van der Waals surface area contributed by atoms with E-state index in [0.29, 0.717) is 28.0 Å². The minimum Gasteiger partial charge on any atom is -0.352 e. The predicted molar refractivity (Wildman–Crippen MR) is 94.6 cm³/mol. The van der Waals surface area contributed by atoms with Crippen LogP contribution in [0, 0.1) is 5.82 Å². The second-order valence-electron chi connectivity index (χ2n) is 6.47. The van der Waals surface area contributed by atoms with Gasteiger partial charge in [0.05, 0.1) is 11.7 Å². The van der Waals surface area contributed by atoms with Gasteiger partial charge >= 0.3 is 0 Å². The normalized spacial score (nSPS) is 11.9. The van der Waals surface area contributed by atoms with Gasteiger partial charge in [0.25, 0.3) is 5.56 Å². The van der Waals surface area contributed by atoms with E-state index in [1.54, 1.807) is 10.7 Å². The van der Waals surface area contributed by atoms with E-state index in [-0.39, 0.29) is 16.9 Å². The van der Waals surface area contributed by atoms with Crippen LogP contribution in [0.4, 0.5) is 10.3 Å². The average Bonchev–Trinajstić information content (AvgIpc) is 2.91. The molecule has 1 aromatic carbocycles. The predicted octanol–water partition coefficient (Wildman–Crippen LogP) is 3.39. The number of nitrogens with one attached hydrogen (secondary N) is 2. The summed E-state index contributed by atoms with van der Waals surface area (Å²) in [5.74, 6) is 0.0300. The van der Waals surface area contributed by atoms with E-state index in [2.05, 4.69) is 36.3 Å². The van der Waals surface area contributed by atoms with Gasteiger partial charge in [-0.2, -0.15) is 10.1 Å². The number of rotatable bonds is 3. The number of aromatic amines is 1. The average molecular weight is 394 g/mol. The van der Waals surface area contributed by atoms with Crippen LogP contribution in [-0.4, -0.2) is 19.7 Å². The zero-order valence-electron chi connectivity index (χ0n) is 13.5. The maximum atomic E-state index is 13.1. The number of fused-ring (bicyclic) bond motifs is 1. The van der Waals surface area contributed by atoms with Crippen molar-refractivity contribution in [2.75, 3.05) is 5.32 Å². The molecular formula is C16H17BrFN5O. The third-order valence-electron chi connectivity index (χ3n) is 3.53. The number of H-pyrrole nitrogens is 1. The van der Waals surface area contributed by atoms with Gasteiger partial charge in [0, 0.05) is 11.0 Å². The Balaban J connectivity index is 1.94. The van der Waals surface area contributed by atoms with Crippen LogP contribution in [0.3, 0.4) is 0 Å². The van der Waals surface area contributed by atoms with E-state index in [1.807, 2.05) is 20.8 Å². The number of nitrogens with zero attached hydrogens (tertiary/aromatic N) is 3. The quantitative estimate of drug-likeness (QED) is 0.714. The maximum Gasteiger partial charge on any atom is 0.263 e. The highest BCUT2D eigenvalue weighted by Crippen LogP contribution is 2.20. The monoisotopic (exact) mass is 393 g/mol. The summed E-state index contributed by atoms with van der Waals surface area (Å²) >= 11 is 3.32. The van der Waals surface area contributed by atoms with Gasteiger partial charge in [-0.1, -0.05) is 22.0 Å². The summed E-state index contributed by atoms with van der Waals surface area (Å²) in [5, 5.41) is 7.77. The van der Waals surface area contributed by atoms with Gasteiger partial charge in [0.15, 0.2) is 5.65 Å². The van der Waals surface area contributed by atoms with E-state index >= 15 is 0 Å². The van der Waals surface area contributed by atoms with Crippen molar-refractivity contribution >= 4 is 32.9 Å². The lowest BCUT2D eigenvalue weighted by atomic mass is 10.1. The molecule has 0 saturated carbocycles. The molecule has 0 radical (unpaired) electrons. The van der Waals surface area contributed by atoms with Crippen molar-refractivity contribution in [3.63, 3.8) is 0 Å². The maximum absolute atomic E-state index is 13.1. The molecule has 0 amide bonds. The van der Waals surface area contributed by atoms with Crippen molar-refractivity contribution < 1.29 is 4.39 Å². The highest BCUT2D eigenvalue weighted by Gasteiger charge is 2.19. The molecule has 2 heterocycles. The van der Waals surface area contributed by atoms with E-state index in [9.17, 15) is 9.18 Å². The minimum absolute atomic E-state index is 0.254. The van der Waals surface area contributed by atoms with Crippen molar-refractivity contribution in [1.82, 2.24) is 19.7 Å². The Morgan fingerprint density at radius 2 is 2.12 bits per heavy atom. The molecule has 0 aliphatic carbocycles. The molecule has 6 nitrogen and oxygen atoms in total. The van der Waals surface area contributed by atoms with Crippen LogP contribution in [0.5, 0.6) is 0 Å². The summed E-state index contributed by atoms with van der Waals surface area (Å²) in [6.07, 6.45) is 1.52. The van der Waals surface area contributed by atoms with Crippen LogP contribution in [0.1, 0.15) is 26.3 Å². The number of hydrogen-bond donors (Lipinski definition) is 2. The lowest BCUT2D eigenvalue weighted by Crippen LogP contribution is -2.24.